The summed E-state index contributed by atoms with van der Waals surface area (Å²) in [5, 5.41) is 38.2. The summed E-state index contributed by atoms with van der Waals surface area (Å²) >= 11 is 0. The number of ether oxygens (including phenoxy) is 2. The summed E-state index contributed by atoms with van der Waals surface area (Å²) in [4.78, 5) is 0. The van der Waals surface area contributed by atoms with Crippen molar-refractivity contribution in [3.8, 4) is 0 Å². The van der Waals surface area contributed by atoms with Crippen LogP contribution in [-0.2, 0) is 9.47 Å². The van der Waals surface area contributed by atoms with E-state index in [-0.39, 0.29) is 0 Å². The molecule has 6 nitrogen and oxygen atoms in total. The molecule has 1 aliphatic heterocycles. The molecule has 0 aromatic heterocycles. The van der Waals surface area contributed by atoms with Crippen LogP contribution < -0.4 is 0 Å². The second kappa shape index (κ2) is 11.3. The lowest BCUT2D eigenvalue weighted by molar-refractivity contribution is -0.301. The molecule has 0 amide bonds. The van der Waals surface area contributed by atoms with Crippen molar-refractivity contribution < 1.29 is 29.9 Å². The maximum atomic E-state index is 9.80. The van der Waals surface area contributed by atoms with Gasteiger partial charge in [0, 0.05) is 6.61 Å². The fourth-order valence-corrected chi connectivity index (χ4v) is 2.64. The molecular formula is C16H32O6. The number of hydrogen-bond acceptors (Lipinski definition) is 6. The summed E-state index contributed by atoms with van der Waals surface area (Å²) in [7, 11) is 0. The minimum absolute atomic E-state index is 0.428. The molecule has 1 fully saturated rings. The molecule has 1 saturated heterocycles. The molecule has 132 valence electrons. The number of unbranched alkanes of at least 4 members (excludes halogenated alkanes) is 7. The molecule has 1 rings (SSSR count). The van der Waals surface area contributed by atoms with Gasteiger partial charge in [0.2, 0.25) is 0 Å². The smallest absolute Gasteiger partial charge is 0.186 e. The van der Waals surface area contributed by atoms with Gasteiger partial charge in [0.15, 0.2) is 6.29 Å². The summed E-state index contributed by atoms with van der Waals surface area (Å²) in [6.45, 7) is 2.20. The third kappa shape index (κ3) is 6.48. The highest BCUT2D eigenvalue weighted by molar-refractivity contribution is 4.88. The van der Waals surface area contributed by atoms with E-state index in [0.29, 0.717) is 6.61 Å². The maximum absolute atomic E-state index is 9.80. The van der Waals surface area contributed by atoms with Crippen LogP contribution in [0.2, 0.25) is 0 Å². The van der Waals surface area contributed by atoms with Crippen molar-refractivity contribution in [2.75, 3.05) is 13.2 Å². The molecule has 1 heterocycles. The number of aliphatic hydroxyl groups excluding tert-OH is 4. The number of aliphatic hydroxyl groups is 4. The Morgan fingerprint density at radius 2 is 1.41 bits per heavy atom. The van der Waals surface area contributed by atoms with E-state index in [1.807, 2.05) is 0 Å². The molecule has 4 N–H and O–H groups in total. The largest absolute Gasteiger partial charge is 0.394 e. The van der Waals surface area contributed by atoms with Crippen molar-refractivity contribution in [3.63, 3.8) is 0 Å². The summed E-state index contributed by atoms with van der Waals surface area (Å²) in [6, 6.07) is 0. The first-order chi connectivity index (χ1) is 10.6. The van der Waals surface area contributed by atoms with Crippen molar-refractivity contribution in [1.82, 2.24) is 0 Å². The molecule has 5 atom stereocenters. The van der Waals surface area contributed by atoms with E-state index in [1.165, 1.54) is 38.5 Å². The van der Waals surface area contributed by atoms with Gasteiger partial charge in [0.05, 0.1) is 6.61 Å². The van der Waals surface area contributed by atoms with Crippen LogP contribution in [0.1, 0.15) is 58.3 Å². The van der Waals surface area contributed by atoms with Crippen molar-refractivity contribution in [2.45, 2.75) is 89.0 Å². The lowest BCUT2D eigenvalue weighted by Crippen LogP contribution is -2.59. The average molecular weight is 320 g/mol. The van der Waals surface area contributed by atoms with Gasteiger partial charge in [-0.05, 0) is 6.42 Å². The first kappa shape index (κ1) is 19.8. The van der Waals surface area contributed by atoms with Crippen molar-refractivity contribution >= 4 is 0 Å². The molecule has 0 aromatic carbocycles. The summed E-state index contributed by atoms with van der Waals surface area (Å²) in [5.41, 5.74) is 0. The second-order valence-corrected chi connectivity index (χ2v) is 6.04. The lowest BCUT2D eigenvalue weighted by atomic mass is 9.99. The fraction of sp³-hybridized carbons (Fsp3) is 1.00. The molecule has 1 aliphatic rings. The third-order valence-corrected chi connectivity index (χ3v) is 4.13. The third-order valence-electron chi connectivity index (χ3n) is 4.13. The van der Waals surface area contributed by atoms with E-state index in [2.05, 4.69) is 6.92 Å². The Labute approximate surface area is 133 Å². The van der Waals surface area contributed by atoms with Crippen LogP contribution in [0.3, 0.4) is 0 Å². The minimum Gasteiger partial charge on any atom is -0.394 e. The second-order valence-electron chi connectivity index (χ2n) is 6.04. The zero-order valence-electron chi connectivity index (χ0n) is 13.6. The molecule has 0 unspecified atom stereocenters. The Balaban J connectivity index is 2.11. The van der Waals surface area contributed by atoms with Gasteiger partial charge in [-0.15, -0.1) is 0 Å². The van der Waals surface area contributed by atoms with Gasteiger partial charge in [-0.1, -0.05) is 51.9 Å². The number of hydrogen-bond donors (Lipinski definition) is 4. The zero-order valence-corrected chi connectivity index (χ0v) is 13.6. The standard InChI is InChI=1S/C16H32O6/c1-2-3-4-5-6-7-8-9-10-21-16-15(20)14(19)13(18)12(11-17)22-16/h12-20H,2-11H2,1H3/t12-,13+,14+,15+,16-/m1/s1. The van der Waals surface area contributed by atoms with Gasteiger partial charge in [-0.25, -0.2) is 0 Å². The highest BCUT2D eigenvalue weighted by atomic mass is 16.7. The first-order valence-electron chi connectivity index (χ1n) is 8.54. The normalized spacial score (nSPS) is 32.3. The predicted octanol–water partition coefficient (Wildman–Crippen LogP) is 0.944. The topological polar surface area (TPSA) is 99.4 Å². The van der Waals surface area contributed by atoms with Crippen LogP contribution in [0.5, 0.6) is 0 Å². The van der Waals surface area contributed by atoms with Crippen LogP contribution in [0.4, 0.5) is 0 Å². The fourth-order valence-electron chi connectivity index (χ4n) is 2.64. The van der Waals surface area contributed by atoms with Gasteiger partial charge in [-0.3, -0.25) is 0 Å². The van der Waals surface area contributed by atoms with E-state index >= 15 is 0 Å². The zero-order chi connectivity index (χ0) is 16.4. The van der Waals surface area contributed by atoms with Crippen molar-refractivity contribution in [3.05, 3.63) is 0 Å². The van der Waals surface area contributed by atoms with Gasteiger partial charge >= 0.3 is 0 Å². The Bertz CT molecular complexity index is 273. The lowest BCUT2D eigenvalue weighted by Gasteiger charge is -2.39. The quantitative estimate of drug-likeness (QED) is 0.423. The molecule has 6 heteroatoms. The van der Waals surface area contributed by atoms with E-state index in [4.69, 9.17) is 14.6 Å². The highest BCUT2D eigenvalue weighted by Gasteiger charge is 2.43. The molecule has 0 spiro atoms. The van der Waals surface area contributed by atoms with Crippen LogP contribution in [-0.4, -0.2) is 64.3 Å². The summed E-state index contributed by atoms with van der Waals surface area (Å²) < 4.78 is 10.7. The molecule has 0 radical (unpaired) electrons. The van der Waals surface area contributed by atoms with Crippen LogP contribution in [0, 0.1) is 0 Å². The van der Waals surface area contributed by atoms with Crippen LogP contribution >= 0.6 is 0 Å². The molecular weight excluding hydrogens is 288 g/mol. The molecule has 0 bridgehead atoms. The Morgan fingerprint density at radius 1 is 0.818 bits per heavy atom. The molecule has 0 aromatic rings. The first-order valence-corrected chi connectivity index (χ1v) is 8.54. The van der Waals surface area contributed by atoms with Crippen molar-refractivity contribution in [2.24, 2.45) is 0 Å². The van der Waals surface area contributed by atoms with E-state index in [1.54, 1.807) is 0 Å². The Morgan fingerprint density at radius 3 is 2.00 bits per heavy atom. The monoisotopic (exact) mass is 320 g/mol. The maximum Gasteiger partial charge on any atom is 0.186 e. The van der Waals surface area contributed by atoms with Crippen LogP contribution in [0.25, 0.3) is 0 Å². The SMILES string of the molecule is CCCCCCCCCCO[C@@H]1O[C@H](CO)[C@H](O)[C@H](O)[C@@H]1O. The van der Waals surface area contributed by atoms with E-state index in [0.717, 1.165) is 12.8 Å². The molecule has 22 heavy (non-hydrogen) atoms. The Hall–Kier alpha value is -0.240. The molecule has 0 saturated carbocycles. The van der Waals surface area contributed by atoms with Crippen molar-refractivity contribution in [1.29, 1.82) is 0 Å². The Kier molecular flexibility index (Phi) is 10.2. The van der Waals surface area contributed by atoms with Gasteiger partial charge < -0.3 is 29.9 Å². The van der Waals surface area contributed by atoms with E-state index < -0.39 is 37.3 Å². The number of rotatable bonds is 11. The average Bonchev–Trinajstić information content (AvgIpc) is 2.53. The summed E-state index contributed by atoms with van der Waals surface area (Å²) in [5.74, 6) is 0. The summed E-state index contributed by atoms with van der Waals surface area (Å²) in [6.07, 6.45) is 3.58. The minimum atomic E-state index is -1.37. The van der Waals surface area contributed by atoms with Crippen LogP contribution in [0.15, 0.2) is 0 Å². The predicted molar refractivity (Wildman–Crippen MR) is 82.3 cm³/mol. The highest BCUT2D eigenvalue weighted by Crippen LogP contribution is 2.22. The molecule has 0 aliphatic carbocycles. The van der Waals surface area contributed by atoms with Gasteiger partial charge in [0.25, 0.3) is 0 Å². The van der Waals surface area contributed by atoms with Gasteiger partial charge in [-0.2, -0.15) is 0 Å². The van der Waals surface area contributed by atoms with Gasteiger partial charge in [0.1, 0.15) is 24.4 Å². The van der Waals surface area contributed by atoms with E-state index in [9.17, 15) is 15.3 Å².